The number of ether oxygens (including phenoxy) is 1. The van der Waals surface area contributed by atoms with Crippen LogP contribution in [0.3, 0.4) is 0 Å². The number of benzene rings is 2. The highest BCUT2D eigenvalue weighted by atomic mass is 35.5. The number of carbonyl (C=O) groups is 1. The second kappa shape index (κ2) is 5.68. The summed E-state index contributed by atoms with van der Waals surface area (Å²) >= 11 is 11.8. The summed E-state index contributed by atoms with van der Waals surface area (Å²) in [6.45, 7) is 0. The van der Waals surface area contributed by atoms with Crippen LogP contribution in [0.15, 0.2) is 48.7 Å². The fourth-order valence-electron chi connectivity index (χ4n) is 1.76. The van der Waals surface area contributed by atoms with Crippen LogP contribution in [0, 0.1) is 0 Å². The Kier molecular flexibility index (Phi) is 3.73. The topological polar surface area (TPSA) is 52.1 Å². The van der Waals surface area contributed by atoms with Crippen molar-refractivity contribution in [1.29, 1.82) is 0 Å². The van der Waals surface area contributed by atoms with Crippen LogP contribution in [0.5, 0.6) is 5.75 Å². The van der Waals surface area contributed by atoms with Gasteiger partial charge in [0.15, 0.2) is 11.4 Å². The number of aromatic nitrogens is 2. The third-order valence-corrected chi connectivity index (χ3v) is 3.30. The van der Waals surface area contributed by atoms with Gasteiger partial charge < -0.3 is 4.74 Å². The number of para-hydroxylation sites is 2. The fraction of sp³-hybridized carbons (Fsp3) is 0. The van der Waals surface area contributed by atoms with Gasteiger partial charge >= 0.3 is 5.97 Å². The van der Waals surface area contributed by atoms with Crippen LogP contribution < -0.4 is 4.74 Å². The molecule has 0 N–H and O–H groups in total. The summed E-state index contributed by atoms with van der Waals surface area (Å²) < 4.78 is 5.20. The minimum Gasteiger partial charge on any atom is -0.420 e. The second-order valence-corrected chi connectivity index (χ2v) is 5.05. The number of rotatable bonds is 2. The van der Waals surface area contributed by atoms with Gasteiger partial charge in [-0.1, -0.05) is 35.3 Å². The van der Waals surface area contributed by atoms with Crippen molar-refractivity contribution in [3.63, 3.8) is 0 Å². The van der Waals surface area contributed by atoms with Crippen LogP contribution in [0.2, 0.25) is 10.0 Å². The third-order valence-electron chi connectivity index (χ3n) is 2.75. The summed E-state index contributed by atoms with van der Waals surface area (Å²) in [6, 6.07) is 11.9. The predicted octanol–water partition coefficient (Wildman–Crippen LogP) is 4.16. The highest BCUT2D eigenvalue weighted by molar-refractivity contribution is 6.34. The Morgan fingerprint density at radius 3 is 2.62 bits per heavy atom. The maximum Gasteiger partial charge on any atom is 0.364 e. The molecule has 1 heterocycles. The van der Waals surface area contributed by atoms with Gasteiger partial charge in [-0.2, -0.15) is 0 Å². The number of hydrogen-bond donors (Lipinski definition) is 0. The molecular formula is C15H8Cl2N2O2. The van der Waals surface area contributed by atoms with Gasteiger partial charge in [0.25, 0.3) is 0 Å². The van der Waals surface area contributed by atoms with Crippen molar-refractivity contribution in [3.8, 4) is 5.75 Å². The van der Waals surface area contributed by atoms with E-state index in [0.29, 0.717) is 21.1 Å². The van der Waals surface area contributed by atoms with Crippen LogP contribution in [0.4, 0.5) is 0 Å². The zero-order valence-electron chi connectivity index (χ0n) is 10.6. The van der Waals surface area contributed by atoms with Gasteiger partial charge in [-0.15, -0.1) is 0 Å². The van der Waals surface area contributed by atoms with Gasteiger partial charge in [-0.05, 0) is 24.3 Å². The molecule has 0 saturated carbocycles. The van der Waals surface area contributed by atoms with E-state index < -0.39 is 5.97 Å². The lowest BCUT2D eigenvalue weighted by Gasteiger charge is -2.06. The molecule has 4 nitrogen and oxygen atoms in total. The van der Waals surface area contributed by atoms with Crippen LogP contribution in [0.25, 0.3) is 11.0 Å². The molecule has 0 aliphatic heterocycles. The molecule has 0 aliphatic carbocycles. The van der Waals surface area contributed by atoms with E-state index in [1.165, 1.54) is 12.3 Å². The average molecular weight is 319 g/mol. The normalized spacial score (nSPS) is 10.6. The summed E-state index contributed by atoms with van der Waals surface area (Å²) in [5.74, 6) is -0.457. The zero-order chi connectivity index (χ0) is 14.8. The lowest BCUT2D eigenvalue weighted by molar-refractivity contribution is 0.0728. The number of fused-ring (bicyclic) bond motifs is 1. The number of halogens is 2. The first-order valence-corrected chi connectivity index (χ1v) is 6.78. The van der Waals surface area contributed by atoms with Crippen molar-refractivity contribution in [2.75, 3.05) is 0 Å². The Bertz CT molecular complexity index is 837. The van der Waals surface area contributed by atoms with Gasteiger partial charge in [-0.3, -0.25) is 4.98 Å². The van der Waals surface area contributed by atoms with Crippen molar-refractivity contribution in [1.82, 2.24) is 9.97 Å². The van der Waals surface area contributed by atoms with E-state index in [1.54, 1.807) is 18.2 Å². The van der Waals surface area contributed by atoms with Crippen LogP contribution in [-0.4, -0.2) is 15.9 Å². The smallest absolute Gasteiger partial charge is 0.364 e. The Morgan fingerprint density at radius 2 is 1.81 bits per heavy atom. The molecule has 0 amide bonds. The minimum atomic E-state index is -0.641. The van der Waals surface area contributed by atoms with Gasteiger partial charge in [0, 0.05) is 11.1 Å². The minimum absolute atomic E-state index is 0.102. The van der Waals surface area contributed by atoms with Crippen molar-refractivity contribution < 1.29 is 9.53 Å². The Labute approximate surface area is 130 Å². The summed E-state index contributed by atoms with van der Waals surface area (Å²) in [6.07, 6.45) is 1.36. The molecule has 0 unspecified atom stereocenters. The third kappa shape index (κ3) is 2.96. The predicted molar refractivity (Wildman–Crippen MR) is 81.0 cm³/mol. The van der Waals surface area contributed by atoms with Crippen LogP contribution in [-0.2, 0) is 0 Å². The van der Waals surface area contributed by atoms with E-state index in [4.69, 9.17) is 27.9 Å². The lowest BCUT2D eigenvalue weighted by atomic mass is 10.3. The van der Waals surface area contributed by atoms with Crippen molar-refractivity contribution in [3.05, 3.63) is 64.4 Å². The van der Waals surface area contributed by atoms with E-state index in [2.05, 4.69) is 9.97 Å². The number of nitrogens with zero attached hydrogens (tertiary/aromatic N) is 2. The molecule has 0 bridgehead atoms. The number of esters is 1. The van der Waals surface area contributed by atoms with E-state index in [9.17, 15) is 4.79 Å². The maximum atomic E-state index is 12.1. The lowest BCUT2D eigenvalue weighted by Crippen LogP contribution is -2.11. The largest absolute Gasteiger partial charge is 0.420 e. The standard InChI is InChI=1S/C15H8Cl2N2O2/c16-9-5-6-10(17)14(7-9)21-15(20)13-8-18-11-3-1-2-4-12(11)19-13/h1-8H. The first-order valence-electron chi connectivity index (χ1n) is 6.02. The molecule has 3 aromatic rings. The summed E-state index contributed by atoms with van der Waals surface area (Å²) in [5, 5.41) is 0.716. The molecular weight excluding hydrogens is 311 g/mol. The van der Waals surface area contributed by atoms with Gasteiger partial charge in [0.2, 0.25) is 0 Å². The Hall–Kier alpha value is -2.17. The summed E-state index contributed by atoms with van der Waals surface area (Å²) in [4.78, 5) is 20.5. The highest BCUT2D eigenvalue weighted by Gasteiger charge is 2.14. The van der Waals surface area contributed by atoms with Gasteiger partial charge in [-0.25, -0.2) is 9.78 Å². The molecule has 0 radical (unpaired) electrons. The molecule has 6 heteroatoms. The van der Waals surface area contributed by atoms with E-state index in [1.807, 2.05) is 18.2 Å². The molecule has 3 rings (SSSR count). The SMILES string of the molecule is O=C(Oc1cc(Cl)ccc1Cl)c1cnc2ccccc2n1. The number of hydrogen-bond acceptors (Lipinski definition) is 4. The highest BCUT2D eigenvalue weighted by Crippen LogP contribution is 2.28. The molecule has 0 spiro atoms. The number of carbonyl (C=O) groups excluding carboxylic acids is 1. The quantitative estimate of drug-likeness (QED) is 0.526. The van der Waals surface area contributed by atoms with Gasteiger partial charge in [0.05, 0.1) is 22.3 Å². The van der Waals surface area contributed by atoms with E-state index >= 15 is 0 Å². The van der Waals surface area contributed by atoms with Crippen molar-refractivity contribution in [2.45, 2.75) is 0 Å². The summed E-state index contributed by atoms with van der Waals surface area (Å²) in [7, 11) is 0. The Balaban J connectivity index is 1.91. The zero-order valence-corrected chi connectivity index (χ0v) is 12.1. The first-order chi connectivity index (χ1) is 10.1. The molecule has 0 atom stereocenters. The molecule has 0 saturated heterocycles. The Morgan fingerprint density at radius 1 is 1.05 bits per heavy atom. The second-order valence-electron chi connectivity index (χ2n) is 4.21. The van der Waals surface area contributed by atoms with Crippen LogP contribution in [0.1, 0.15) is 10.5 Å². The van der Waals surface area contributed by atoms with Crippen LogP contribution >= 0.6 is 23.2 Å². The van der Waals surface area contributed by atoms with Crippen molar-refractivity contribution >= 4 is 40.2 Å². The molecule has 104 valence electrons. The molecule has 1 aromatic heterocycles. The molecule has 0 fully saturated rings. The summed E-state index contributed by atoms with van der Waals surface area (Å²) in [5.41, 5.74) is 1.42. The molecule has 2 aromatic carbocycles. The first kappa shape index (κ1) is 13.8. The van der Waals surface area contributed by atoms with Crippen molar-refractivity contribution in [2.24, 2.45) is 0 Å². The monoisotopic (exact) mass is 318 g/mol. The van der Waals surface area contributed by atoms with Gasteiger partial charge in [0.1, 0.15) is 0 Å². The van der Waals surface area contributed by atoms with E-state index in [0.717, 1.165) is 0 Å². The van der Waals surface area contributed by atoms with E-state index in [-0.39, 0.29) is 11.4 Å². The fourth-order valence-corrected chi connectivity index (χ4v) is 2.08. The molecule has 21 heavy (non-hydrogen) atoms. The maximum absolute atomic E-state index is 12.1. The molecule has 0 aliphatic rings. The average Bonchev–Trinajstić information content (AvgIpc) is 2.50.